The zero-order chi connectivity index (χ0) is 18.1. The molecule has 25 heavy (non-hydrogen) atoms. The average Bonchev–Trinajstić information content (AvgIpc) is 3.06. The van der Waals surface area contributed by atoms with E-state index in [-0.39, 0.29) is 17.4 Å². The maximum atomic E-state index is 12.6. The van der Waals surface area contributed by atoms with Crippen LogP contribution in [0.25, 0.3) is 0 Å². The van der Waals surface area contributed by atoms with Gasteiger partial charge in [-0.15, -0.1) is 11.3 Å². The van der Waals surface area contributed by atoms with Gasteiger partial charge in [-0.1, -0.05) is 18.3 Å². The third-order valence-electron chi connectivity index (χ3n) is 4.25. The summed E-state index contributed by atoms with van der Waals surface area (Å²) >= 11 is 2.31. The molecule has 1 aliphatic carbocycles. The van der Waals surface area contributed by atoms with Crippen LogP contribution in [-0.2, 0) is 17.6 Å². The quantitative estimate of drug-likeness (QED) is 0.796. The van der Waals surface area contributed by atoms with Crippen molar-refractivity contribution in [1.82, 2.24) is 4.98 Å². The van der Waals surface area contributed by atoms with E-state index in [9.17, 15) is 14.4 Å². The normalized spacial score (nSPS) is 16.4. The largest absolute Gasteiger partial charge is 0.462 e. The molecule has 1 aliphatic rings. The second-order valence-electron chi connectivity index (χ2n) is 6.20. The number of hydrogen-bond donors (Lipinski definition) is 2. The van der Waals surface area contributed by atoms with Crippen LogP contribution < -0.4 is 10.2 Å². The summed E-state index contributed by atoms with van der Waals surface area (Å²) in [6.45, 7) is 5.91. The lowest BCUT2D eigenvalue weighted by Gasteiger charge is -2.18. The second-order valence-corrected chi connectivity index (χ2v) is 8.29. The third kappa shape index (κ3) is 3.55. The van der Waals surface area contributed by atoms with Gasteiger partial charge in [0.15, 0.2) is 0 Å². The van der Waals surface area contributed by atoms with E-state index in [1.807, 2.05) is 0 Å². The topological polar surface area (TPSA) is 88.3 Å². The molecule has 0 saturated heterocycles. The zero-order valence-electron chi connectivity index (χ0n) is 14.4. The van der Waals surface area contributed by atoms with E-state index in [1.165, 1.54) is 11.3 Å². The molecular weight excluding hydrogens is 360 g/mol. The van der Waals surface area contributed by atoms with Gasteiger partial charge in [0.2, 0.25) is 0 Å². The van der Waals surface area contributed by atoms with Crippen molar-refractivity contribution in [3.05, 3.63) is 36.2 Å². The fraction of sp³-hybridized carbons (Fsp3) is 0.471. The highest BCUT2D eigenvalue weighted by Gasteiger charge is 2.29. The Morgan fingerprint density at radius 2 is 2.12 bits per heavy atom. The highest BCUT2D eigenvalue weighted by molar-refractivity contribution is 7.17. The highest BCUT2D eigenvalue weighted by Crippen LogP contribution is 2.40. The summed E-state index contributed by atoms with van der Waals surface area (Å²) in [5.74, 6) is -0.219. The van der Waals surface area contributed by atoms with Crippen LogP contribution in [0.4, 0.5) is 5.00 Å². The zero-order valence-corrected chi connectivity index (χ0v) is 16.0. The lowest BCUT2D eigenvalue weighted by Crippen LogP contribution is -2.16. The number of thiophene rings is 1. The number of aromatic amines is 1. The molecular formula is C17H20N2O4S2. The molecule has 2 aromatic rings. The number of carbonyl (C=O) groups excluding carboxylic acids is 2. The van der Waals surface area contributed by atoms with E-state index in [4.69, 9.17) is 4.74 Å². The SMILES string of the molecule is CCOC(=O)c1c(NC(=O)c2sc(=O)[nH]c2C)sc2c1CCC(C)C2. The van der Waals surface area contributed by atoms with Gasteiger partial charge >= 0.3 is 10.8 Å². The number of ether oxygens (including phenoxy) is 1. The van der Waals surface area contributed by atoms with Crippen LogP contribution in [0.5, 0.6) is 0 Å². The highest BCUT2D eigenvalue weighted by atomic mass is 32.1. The number of aryl methyl sites for hydroxylation is 1. The first-order valence-electron chi connectivity index (χ1n) is 8.23. The molecule has 2 N–H and O–H groups in total. The molecule has 8 heteroatoms. The molecule has 1 amide bonds. The van der Waals surface area contributed by atoms with Crippen LogP contribution >= 0.6 is 22.7 Å². The number of nitrogens with one attached hydrogen (secondary N) is 2. The summed E-state index contributed by atoms with van der Waals surface area (Å²) in [7, 11) is 0. The van der Waals surface area contributed by atoms with Crippen molar-refractivity contribution < 1.29 is 14.3 Å². The van der Waals surface area contributed by atoms with Crippen molar-refractivity contribution >= 4 is 39.6 Å². The van der Waals surface area contributed by atoms with Gasteiger partial charge in [0.1, 0.15) is 9.88 Å². The third-order valence-corrected chi connectivity index (χ3v) is 6.40. The van der Waals surface area contributed by atoms with Crippen LogP contribution in [0, 0.1) is 12.8 Å². The van der Waals surface area contributed by atoms with Crippen molar-refractivity contribution in [2.45, 2.75) is 40.0 Å². The lowest BCUT2D eigenvalue weighted by atomic mass is 9.88. The maximum absolute atomic E-state index is 12.6. The predicted octanol–water partition coefficient (Wildman–Crippen LogP) is 3.36. The van der Waals surface area contributed by atoms with Gasteiger partial charge in [-0.3, -0.25) is 9.59 Å². The molecule has 0 aromatic carbocycles. The molecule has 0 saturated carbocycles. The van der Waals surface area contributed by atoms with Gasteiger partial charge in [0.05, 0.1) is 12.2 Å². The minimum atomic E-state index is -0.399. The Labute approximate surface area is 153 Å². The Balaban J connectivity index is 1.97. The standard InChI is InChI=1S/C17H20N2O4S2/c1-4-23-16(21)12-10-6-5-8(2)7-11(10)24-15(12)19-14(20)13-9(3)18-17(22)25-13/h8H,4-7H2,1-3H3,(H,18,22)(H,19,20). The van der Waals surface area contributed by atoms with Crippen molar-refractivity contribution in [1.29, 1.82) is 0 Å². The van der Waals surface area contributed by atoms with E-state index in [1.54, 1.807) is 13.8 Å². The van der Waals surface area contributed by atoms with E-state index in [2.05, 4.69) is 17.2 Å². The smallest absolute Gasteiger partial charge is 0.341 e. The fourth-order valence-electron chi connectivity index (χ4n) is 3.04. The minimum Gasteiger partial charge on any atom is -0.462 e. The number of hydrogen-bond acceptors (Lipinski definition) is 6. The first kappa shape index (κ1) is 17.9. The number of rotatable bonds is 4. The number of fused-ring (bicyclic) bond motifs is 1. The maximum Gasteiger partial charge on any atom is 0.341 e. The number of amides is 1. The average molecular weight is 380 g/mol. The van der Waals surface area contributed by atoms with Crippen LogP contribution in [0.1, 0.15) is 56.4 Å². The number of thiazole rings is 1. The number of esters is 1. The fourth-order valence-corrected chi connectivity index (χ4v) is 5.17. The number of carbonyl (C=O) groups is 2. The molecule has 0 radical (unpaired) electrons. The Bertz CT molecular complexity index is 878. The molecule has 6 nitrogen and oxygen atoms in total. The van der Waals surface area contributed by atoms with E-state index in [0.29, 0.717) is 27.1 Å². The Hall–Kier alpha value is -1.93. The Morgan fingerprint density at radius 1 is 1.36 bits per heavy atom. The Morgan fingerprint density at radius 3 is 2.76 bits per heavy atom. The summed E-state index contributed by atoms with van der Waals surface area (Å²) in [6.07, 6.45) is 2.73. The van der Waals surface area contributed by atoms with Crippen molar-refractivity contribution in [2.24, 2.45) is 5.92 Å². The summed E-state index contributed by atoms with van der Waals surface area (Å²) in [6, 6.07) is 0. The second kappa shape index (κ2) is 7.13. The molecule has 0 spiro atoms. The van der Waals surface area contributed by atoms with Gasteiger partial charge in [-0.25, -0.2) is 4.79 Å². The van der Waals surface area contributed by atoms with E-state index < -0.39 is 5.97 Å². The minimum absolute atomic E-state index is 0.271. The summed E-state index contributed by atoms with van der Waals surface area (Å²) in [5.41, 5.74) is 2.00. The van der Waals surface area contributed by atoms with Gasteiger partial charge in [-0.05, 0) is 44.6 Å². The lowest BCUT2D eigenvalue weighted by molar-refractivity contribution is 0.0526. The molecule has 134 valence electrons. The number of H-pyrrole nitrogens is 1. The molecule has 2 heterocycles. The van der Waals surface area contributed by atoms with Gasteiger partial charge in [0, 0.05) is 10.6 Å². The molecule has 0 fully saturated rings. The molecule has 2 aromatic heterocycles. The monoisotopic (exact) mass is 380 g/mol. The first-order valence-corrected chi connectivity index (χ1v) is 9.86. The van der Waals surface area contributed by atoms with Crippen molar-refractivity contribution in [2.75, 3.05) is 11.9 Å². The summed E-state index contributed by atoms with van der Waals surface area (Å²) < 4.78 is 5.20. The van der Waals surface area contributed by atoms with Crippen LogP contribution in [-0.4, -0.2) is 23.5 Å². The van der Waals surface area contributed by atoms with E-state index in [0.717, 1.165) is 41.0 Å². The first-order chi connectivity index (χ1) is 11.9. The van der Waals surface area contributed by atoms with Gasteiger partial charge in [-0.2, -0.15) is 0 Å². The molecule has 1 atom stereocenters. The van der Waals surface area contributed by atoms with Crippen molar-refractivity contribution in [3.8, 4) is 0 Å². The predicted molar refractivity (Wildman–Crippen MR) is 99.1 cm³/mol. The number of anilines is 1. The molecule has 3 rings (SSSR count). The van der Waals surface area contributed by atoms with E-state index >= 15 is 0 Å². The van der Waals surface area contributed by atoms with Crippen LogP contribution in [0.2, 0.25) is 0 Å². The molecule has 0 aliphatic heterocycles. The summed E-state index contributed by atoms with van der Waals surface area (Å²) in [5, 5.41) is 3.34. The van der Waals surface area contributed by atoms with Crippen LogP contribution in [0.15, 0.2) is 4.79 Å². The number of aromatic nitrogens is 1. The van der Waals surface area contributed by atoms with Crippen molar-refractivity contribution in [3.63, 3.8) is 0 Å². The van der Waals surface area contributed by atoms with Gasteiger partial charge < -0.3 is 15.0 Å². The Kier molecular flexibility index (Phi) is 5.10. The summed E-state index contributed by atoms with van der Waals surface area (Å²) in [4.78, 5) is 40.2. The molecule has 0 bridgehead atoms. The van der Waals surface area contributed by atoms with Gasteiger partial charge in [0.25, 0.3) is 5.91 Å². The van der Waals surface area contributed by atoms with Crippen LogP contribution in [0.3, 0.4) is 0 Å². The molecule has 1 unspecified atom stereocenters.